The molecule has 5 heteroatoms. The number of amides is 1. The number of carbonyl (C=O) groups is 1. The Morgan fingerprint density at radius 3 is 2.82 bits per heavy atom. The Morgan fingerprint density at radius 2 is 2.24 bits per heavy atom. The number of aryl methyl sites for hydroxylation is 1. The summed E-state index contributed by atoms with van der Waals surface area (Å²) in [6.45, 7) is 3.60. The molecule has 0 bridgehead atoms. The van der Waals surface area contributed by atoms with E-state index < -0.39 is 0 Å². The van der Waals surface area contributed by atoms with Gasteiger partial charge in [-0.05, 0) is 37.1 Å². The van der Waals surface area contributed by atoms with Gasteiger partial charge in [-0.1, -0.05) is 11.6 Å². The number of carbonyl (C=O) groups excluding carboxylic acids is 1. The van der Waals surface area contributed by atoms with Crippen LogP contribution >= 0.6 is 11.6 Å². The zero-order chi connectivity index (χ0) is 13.0. The van der Waals surface area contributed by atoms with Gasteiger partial charge in [0.15, 0.2) is 0 Å². The first kappa shape index (κ1) is 13.9. The Morgan fingerprint density at radius 1 is 1.59 bits per heavy atom. The quantitative estimate of drug-likeness (QED) is 0.869. The Bertz CT molecular complexity index is 421. The molecule has 0 aliphatic carbocycles. The van der Waals surface area contributed by atoms with Gasteiger partial charge >= 0.3 is 0 Å². The third-order valence-corrected chi connectivity index (χ3v) is 2.66. The second kappa shape index (κ2) is 5.98. The molecule has 1 unspecified atom stereocenters. The van der Waals surface area contributed by atoms with E-state index in [0.29, 0.717) is 16.1 Å². The Balaban J connectivity index is 2.63. The van der Waals surface area contributed by atoms with Crippen molar-refractivity contribution in [2.24, 2.45) is 5.73 Å². The van der Waals surface area contributed by atoms with E-state index in [1.807, 2.05) is 0 Å². The molecule has 0 saturated heterocycles. The molecule has 1 aromatic carbocycles. The van der Waals surface area contributed by atoms with Crippen LogP contribution in [-0.2, 0) is 11.3 Å². The first-order valence-corrected chi connectivity index (χ1v) is 5.74. The molecule has 94 valence electrons. The molecule has 1 amide bonds. The van der Waals surface area contributed by atoms with Crippen molar-refractivity contribution in [2.75, 3.05) is 0 Å². The highest BCUT2D eigenvalue weighted by molar-refractivity contribution is 6.31. The van der Waals surface area contributed by atoms with Gasteiger partial charge in [-0.2, -0.15) is 0 Å². The van der Waals surface area contributed by atoms with Crippen LogP contribution in [0.3, 0.4) is 0 Å². The van der Waals surface area contributed by atoms with Gasteiger partial charge in [-0.15, -0.1) is 0 Å². The van der Waals surface area contributed by atoms with E-state index in [4.69, 9.17) is 17.3 Å². The Labute approximate surface area is 105 Å². The van der Waals surface area contributed by atoms with Crippen LogP contribution in [0.25, 0.3) is 0 Å². The van der Waals surface area contributed by atoms with E-state index in [1.165, 1.54) is 6.07 Å². The number of halogens is 2. The summed E-state index contributed by atoms with van der Waals surface area (Å²) in [5.74, 6) is -0.497. The highest BCUT2D eigenvalue weighted by atomic mass is 35.5. The van der Waals surface area contributed by atoms with Gasteiger partial charge in [0.25, 0.3) is 0 Å². The minimum absolute atomic E-state index is 0.169. The summed E-state index contributed by atoms with van der Waals surface area (Å²) in [4.78, 5) is 11.4. The maximum atomic E-state index is 13.3. The van der Waals surface area contributed by atoms with Crippen LogP contribution < -0.4 is 11.1 Å². The Kier molecular flexibility index (Phi) is 4.90. The third-order valence-electron chi connectivity index (χ3n) is 2.31. The molecule has 0 aromatic heterocycles. The lowest BCUT2D eigenvalue weighted by Gasteiger charge is -2.09. The molecule has 3 nitrogen and oxygen atoms in total. The van der Waals surface area contributed by atoms with Gasteiger partial charge in [0.2, 0.25) is 5.91 Å². The maximum Gasteiger partial charge on any atom is 0.221 e. The summed E-state index contributed by atoms with van der Waals surface area (Å²) >= 11 is 5.95. The lowest BCUT2D eigenvalue weighted by Crippen LogP contribution is -2.29. The molecular formula is C12H16ClFN2O. The summed E-state index contributed by atoms with van der Waals surface area (Å²) in [5, 5.41) is 3.10. The fourth-order valence-corrected chi connectivity index (χ4v) is 1.67. The highest BCUT2D eigenvalue weighted by Crippen LogP contribution is 2.20. The summed E-state index contributed by atoms with van der Waals surface area (Å²) in [5.41, 5.74) is 6.54. The molecule has 0 aliphatic heterocycles. The first-order valence-electron chi connectivity index (χ1n) is 5.37. The van der Waals surface area contributed by atoms with Crippen LogP contribution in [0, 0.1) is 12.7 Å². The van der Waals surface area contributed by atoms with Crippen molar-refractivity contribution >= 4 is 17.5 Å². The Hall–Kier alpha value is -1.13. The van der Waals surface area contributed by atoms with Crippen LogP contribution in [0.15, 0.2) is 12.1 Å². The van der Waals surface area contributed by atoms with Gasteiger partial charge in [0.1, 0.15) is 5.82 Å². The summed E-state index contributed by atoms with van der Waals surface area (Å²) in [6.07, 6.45) is 0.242. The second-order valence-electron chi connectivity index (χ2n) is 4.15. The fourth-order valence-electron chi connectivity index (χ4n) is 1.38. The van der Waals surface area contributed by atoms with Crippen LogP contribution in [0.5, 0.6) is 0 Å². The van der Waals surface area contributed by atoms with Gasteiger partial charge in [-0.25, -0.2) is 4.39 Å². The zero-order valence-electron chi connectivity index (χ0n) is 9.89. The molecule has 1 rings (SSSR count). The van der Waals surface area contributed by atoms with Crippen molar-refractivity contribution in [1.29, 1.82) is 0 Å². The van der Waals surface area contributed by atoms with E-state index in [2.05, 4.69) is 5.32 Å². The average Bonchev–Trinajstić information content (AvgIpc) is 2.20. The smallest absolute Gasteiger partial charge is 0.221 e. The van der Waals surface area contributed by atoms with Crippen molar-refractivity contribution < 1.29 is 9.18 Å². The molecule has 0 aliphatic rings. The van der Waals surface area contributed by atoms with Crippen LogP contribution in [0.1, 0.15) is 24.5 Å². The molecule has 3 N–H and O–H groups in total. The fraction of sp³-hybridized carbons (Fsp3) is 0.417. The second-order valence-corrected chi connectivity index (χ2v) is 4.56. The summed E-state index contributed by atoms with van der Waals surface area (Å²) in [6, 6.07) is 2.69. The van der Waals surface area contributed by atoms with Gasteiger partial charge in [-0.3, -0.25) is 4.79 Å². The third kappa shape index (κ3) is 4.32. The molecule has 0 saturated carbocycles. The number of nitrogens with two attached hydrogens (primary N) is 1. The predicted molar refractivity (Wildman–Crippen MR) is 66.3 cm³/mol. The molecule has 17 heavy (non-hydrogen) atoms. The van der Waals surface area contributed by atoms with E-state index in [0.717, 1.165) is 0 Å². The van der Waals surface area contributed by atoms with E-state index in [1.54, 1.807) is 19.9 Å². The number of rotatable bonds is 4. The monoisotopic (exact) mass is 258 g/mol. The number of hydrogen-bond acceptors (Lipinski definition) is 2. The van der Waals surface area contributed by atoms with E-state index in [9.17, 15) is 9.18 Å². The molecular weight excluding hydrogens is 243 g/mol. The summed E-state index contributed by atoms with van der Waals surface area (Å²) in [7, 11) is 0. The molecule has 0 spiro atoms. The summed E-state index contributed by atoms with van der Waals surface area (Å²) < 4.78 is 13.3. The normalized spacial score (nSPS) is 12.3. The van der Waals surface area contributed by atoms with Crippen LogP contribution in [0.4, 0.5) is 4.39 Å². The SMILES string of the molecule is Cc1cc(Cl)c(CNC(=O)CC(C)N)cc1F. The predicted octanol–water partition coefficient (Wildman–Crippen LogP) is 2.14. The largest absolute Gasteiger partial charge is 0.352 e. The van der Waals surface area contributed by atoms with Crippen molar-refractivity contribution in [1.82, 2.24) is 5.32 Å². The average molecular weight is 259 g/mol. The first-order chi connectivity index (χ1) is 7.90. The van der Waals surface area contributed by atoms with Crippen molar-refractivity contribution in [2.45, 2.75) is 32.9 Å². The molecule has 0 fully saturated rings. The number of benzene rings is 1. The molecule has 1 atom stereocenters. The molecule has 0 heterocycles. The number of nitrogens with one attached hydrogen (secondary N) is 1. The van der Waals surface area contributed by atoms with Crippen molar-refractivity contribution in [3.63, 3.8) is 0 Å². The van der Waals surface area contributed by atoms with Gasteiger partial charge in [0.05, 0.1) is 0 Å². The molecule has 1 aromatic rings. The van der Waals surface area contributed by atoms with Crippen molar-refractivity contribution in [3.05, 3.63) is 34.1 Å². The lowest BCUT2D eigenvalue weighted by atomic mass is 10.1. The standard InChI is InChI=1S/C12H16ClFN2O/c1-7-3-10(13)9(5-11(7)14)6-16-12(17)4-8(2)15/h3,5,8H,4,6,15H2,1-2H3,(H,16,17). The van der Waals surface area contributed by atoms with Crippen LogP contribution in [0.2, 0.25) is 5.02 Å². The minimum atomic E-state index is -0.328. The van der Waals surface area contributed by atoms with Gasteiger partial charge in [0, 0.05) is 24.0 Å². The topological polar surface area (TPSA) is 55.1 Å². The van der Waals surface area contributed by atoms with E-state index >= 15 is 0 Å². The zero-order valence-corrected chi connectivity index (χ0v) is 10.6. The maximum absolute atomic E-state index is 13.3. The minimum Gasteiger partial charge on any atom is -0.352 e. The van der Waals surface area contributed by atoms with Crippen molar-refractivity contribution in [3.8, 4) is 0 Å². The number of hydrogen-bond donors (Lipinski definition) is 2. The molecule has 0 radical (unpaired) electrons. The lowest BCUT2D eigenvalue weighted by molar-refractivity contribution is -0.121. The van der Waals surface area contributed by atoms with Gasteiger partial charge < -0.3 is 11.1 Å². The van der Waals surface area contributed by atoms with Crippen LogP contribution in [-0.4, -0.2) is 11.9 Å². The van der Waals surface area contributed by atoms with E-state index in [-0.39, 0.29) is 30.7 Å². The highest BCUT2D eigenvalue weighted by Gasteiger charge is 2.08.